The van der Waals surface area contributed by atoms with Gasteiger partial charge in [0.25, 0.3) is 0 Å². The second kappa shape index (κ2) is 6.82. The predicted molar refractivity (Wildman–Crippen MR) is 86.4 cm³/mol. The van der Waals surface area contributed by atoms with Crippen LogP contribution in [0.3, 0.4) is 0 Å². The molecule has 1 fully saturated rings. The Labute approximate surface area is 139 Å². The Balaban J connectivity index is 1.92. The van der Waals surface area contributed by atoms with Crippen LogP contribution in [-0.4, -0.2) is 38.4 Å². The van der Waals surface area contributed by atoms with Crippen LogP contribution in [0.5, 0.6) is 0 Å². The van der Waals surface area contributed by atoms with Crippen LogP contribution in [0.2, 0.25) is 5.15 Å². The number of benzene rings is 1. The third kappa shape index (κ3) is 3.63. The zero-order valence-electron chi connectivity index (χ0n) is 12.3. The van der Waals surface area contributed by atoms with Gasteiger partial charge in [-0.15, -0.1) is 10.2 Å². The average molecular weight is 354 g/mol. The molecule has 1 atom stereocenters. The van der Waals surface area contributed by atoms with Crippen molar-refractivity contribution in [3.63, 3.8) is 0 Å². The SMILES string of the molecule is O=S(=O)(c1ccccc1)c1cc(Cl)nnc1NC[C@H]1CCOC1. The minimum absolute atomic E-state index is 0.0302. The van der Waals surface area contributed by atoms with Gasteiger partial charge in [-0.3, -0.25) is 0 Å². The van der Waals surface area contributed by atoms with E-state index in [2.05, 4.69) is 15.5 Å². The molecule has 1 aromatic carbocycles. The zero-order valence-corrected chi connectivity index (χ0v) is 13.8. The largest absolute Gasteiger partial charge is 0.381 e. The predicted octanol–water partition coefficient (Wildman–Crippen LogP) is 2.41. The van der Waals surface area contributed by atoms with E-state index in [0.29, 0.717) is 19.1 Å². The Kier molecular flexibility index (Phi) is 4.79. The Hall–Kier alpha value is -1.70. The minimum Gasteiger partial charge on any atom is -0.381 e. The van der Waals surface area contributed by atoms with Gasteiger partial charge in [0.1, 0.15) is 4.90 Å². The number of ether oxygens (including phenoxy) is 1. The van der Waals surface area contributed by atoms with E-state index in [9.17, 15) is 8.42 Å². The Morgan fingerprint density at radius 1 is 1.26 bits per heavy atom. The molecule has 1 aliphatic rings. The number of anilines is 1. The van der Waals surface area contributed by atoms with E-state index in [1.807, 2.05) is 0 Å². The third-order valence-corrected chi connectivity index (χ3v) is 5.62. The molecule has 1 N–H and O–H groups in total. The van der Waals surface area contributed by atoms with Crippen molar-refractivity contribution >= 4 is 27.3 Å². The van der Waals surface area contributed by atoms with Crippen molar-refractivity contribution in [3.05, 3.63) is 41.6 Å². The van der Waals surface area contributed by atoms with Gasteiger partial charge in [0.2, 0.25) is 9.84 Å². The fourth-order valence-electron chi connectivity index (χ4n) is 2.39. The van der Waals surface area contributed by atoms with Gasteiger partial charge in [-0.1, -0.05) is 29.8 Å². The molecule has 0 aliphatic carbocycles. The molecule has 2 heterocycles. The average Bonchev–Trinajstić information content (AvgIpc) is 3.08. The van der Waals surface area contributed by atoms with E-state index in [1.165, 1.54) is 18.2 Å². The summed E-state index contributed by atoms with van der Waals surface area (Å²) in [6.45, 7) is 1.97. The Bertz CT molecular complexity index is 778. The fourth-order valence-corrected chi connectivity index (χ4v) is 4.01. The van der Waals surface area contributed by atoms with E-state index in [1.54, 1.807) is 18.2 Å². The van der Waals surface area contributed by atoms with Crippen LogP contribution in [-0.2, 0) is 14.6 Å². The number of aromatic nitrogens is 2. The lowest BCUT2D eigenvalue weighted by Crippen LogP contribution is -2.17. The van der Waals surface area contributed by atoms with Gasteiger partial charge in [0.15, 0.2) is 11.0 Å². The van der Waals surface area contributed by atoms with E-state index in [0.717, 1.165) is 13.0 Å². The normalized spacial score (nSPS) is 18.0. The highest BCUT2D eigenvalue weighted by molar-refractivity contribution is 7.91. The van der Waals surface area contributed by atoms with Gasteiger partial charge in [0, 0.05) is 25.1 Å². The Morgan fingerprint density at radius 2 is 2.04 bits per heavy atom. The summed E-state index contributed by atoms with van der Waals surface area (Å²) in [5.74, 6) is 0.546. The molecule has 8 heteroatoms. The Morgan fingerprint density at radius 3 is 2.74 bits per heavy atom. The first-order chi connectivity index (χ1) is 11.1. The maximum atomic E-state index is 12.8. The molecule has 0 saturated carbocycles. The van der Waals surface area contributed by atoms with Crippen molar-refractivity contribution in [1.82, 2.24) is 10.2 Å². The maximum Gasteiger partial charge on any atom is 0.210 e. The van der Waals surface area contributed by atoms with Crippen LogP contribution in [0.15, 0.2) is 46.2 Å². The van der Waals surface area contributed by atoms with Crippen molar-refractivity contribution in [2.75, 3.05) is 25.1 Å². The lowest BCUT2D eigenvalue weighted by molar-refractivity contribution is 0.187. The highest BCUT2D eigenvalue weighted by atomic mass is 35.5. The van der Waals surface area contributed by atoms with Crippen molar-refractivity contribution in [2.45, 2.75) is 16.2 Å². The van der Waals surface area contributed by atoms with Gasteiger partial charge in [-0.25, -0.2) is 8.42 Å². The van der Waals surface area contributed by atoms with Crippen molar-refractivity contribution in [2.24, 2.45) is 5.92 Å². The molecule has 1 saturated heterocycles. The highest BCUT2D eigenvalue weighted by Crippen LogP contribution is 2.28. The monoisotopic (exact) mass is 353 g/mol. The van der Waals surface area contributed by atoms with Gasteiger partial charge >= 0.3 is 0 Å². The lowest BCUT2D eigenvalue weighted by Gasteiger charge is -2.13. The number of hydrogen-bond acceptors (Lipinski definition) is 6. The molecule has 0 spiro atoms. The van der Waals surface area contributed by atoms with Gasteiger partial charge in [-0.2, -0.15) is 0 Å². The van der Waals surface area contributed by atoms with Gasteiger partial charge in [0.05, 0.1) is 11.5 Å². The molecule has 122 valence electrons. The van der Waals surface area contributed by atoms with E-state index >= 15 is 0 Å². The van der Waals surface area contributed by atoms with Crippen LogP contribution >= 0.6 is 11.6 Å². The van der Waals surface area contributed by atoms with Crippen molar-refractivity contribution in [1.29, 1.82) is 0 Å². The van der Waals surface area contributed by atoms with Crippen LogP contribution in [0.4, 0.5) is 5.82 Å². The summed E-state index contributed by atoms with van der Waals surface area (Å²) in [7, 11) is -3.72. The second-order valence-corrected chi connectivity index (χ2v) is 7.61. The lowest BCUT2D eigenvalue weighted by atomic mass is 10.1. The summed E-state index contributed by atoms with van der Waals surface area (Å²) >= 11 is 5.85. The second-order valence-electron chi connectivity index (χ2n) is 5.31. The molecule has 0 amide bonds. The maximum absolute atomic E-state index is 12.8. The number of nitrogens with zero attached hydrogens (tertiary/aromatic N) is 2. The topological polar surface area (TPSA) is 81.2 Å². The van der Waals surface area contributed by atoms with Crippen LogP contribution in [0.25, 0.3) is 0 Å². The fraction of sp³-hybridized carbons (Fsp3) is 0.333. The van der Waals surface area contributed by atoms with Gasteiger partial charge in [-0.05, 0) is 18.6 Å². The highest BCUT2D eigenvalue weighted by Gasteiger charge is 2.24. The molecule has 1 aliphatic heterocycles. The summed E-state index contributed by atoms with van der Waals surface area (Å²) in [4.78, 5) is 0.221. The third-order valence-electron chi connectivity index (χ3n) is 3.65. The molecule has 1 aromatic heterocycles. The summed E-state index contributed by atoms with van der Waals surface area (Å²) in [6, 6.07) is 9.51. The van der Waals surface area contributed by atoms with Crippen LogP contribution in [0.1, 0.15) is 6.42 Å². The quantitative estimate of drug-likeness (QED) is 0.889. The first-order valence-corrected chi connectivity index (χ1v) is 9.08. The summed E-state index contributed by atoms with van der Waals surface area (Å²) in [5.41, 5.74) is 0. The molecular weight excluding hydrogens is 338 g/mol. The zero-order chi connectivity index (χ0) is 16.3. The number of sulfone groups is 1. The van der Waals surface area contributed by atoms with Crippen molar-refractivity contribution in [3.8, 4) is 0 Å². The summed E-state index contributed by atoms with van der Waals surface area (Å²) in [5, 5.41) is 10.8. The van der Waals surface area contributed by atoms with Crippen molar-refractivity contribution < 1.29 is 13.2 Å². The molecule has 0 bridgehead atoms. The first kappa shape index (κ1) is 16.2. The molecule has 0 radical (unpaired) electrons. The van der Waals surface area contributed by atoms with E-state index in [-0.39, 0.29) is 20.8 Å². The van der Waals surface area contributed by atoms with Gasteiger partial charge < -0.3 is 10.1 Å². The minimum atomic E-state index is -3.72. The molecular formula is C15H16ClN3O3S. The first-order valence-electron chi connectivity index (χ1n) is 7.22. The number of nitrogens with one attached hydrogen (secondary N) is 1. The smallest absolute Gasteiger partial charge is 0.210 e. The number of halogens is 1. The standard InChI is InChI=1S/C15H16ClN3O3S/c16-14-8-13(23(20,21)12-4-2-1-3-5-12)15(19-18-14)17-9-11-6-7-22-10-11/h1-5,8,11H,6-7,9-10H2,(H,17,19)/t11-/m1/s1. The number of hydrogen-bond donors (Lipinski definition) is 1. The molecule has 2 aromatic rings. The molecule has 6 nitrogen and oxygen atoms in total. The van der Waals surface area contributed by atoms with E-state index in [4.69, 9.17) is 16.3 Å². The summed E-state index contributed by atoms with van der Waals surface area (Å²) in [6.07, 6.45) is 0.939. The van der Waals surface area contributed by atoms with E-state index < -0.39 is 9.84 Å². The van der Waals surface area contributed by atoms with Crippen LogP contribution < -0.4 is 5.32 Å². The van der Waals surface area contributed by atoms with Crippen LogP contribution in [0, 0.1) is 5.92 Å². The molecule has 3 rings (SSSR count). The summed E-state index contributed by atoms with van der Waals surface area (Å²) < 4.78 is 30.9. The molecule has 0 unspecified atom stereocenters. The number of rotatable bonds is 5. The molecule has 23 heavy (non-hydrogen) atoms.